The second-order valence-electron chi connectivity index (χ2n) is 8.05. The van der Waals surface area contributed by atoms with Gasteiger partial charge in [-0.05, 0) is 6.92 Å². The van der Waals surface area contributed by atoms with Crippen LogP contribution in [-0.2, 0) is 26.3 Å². The fraction of sp³-hybridized carbons (Fsp3) is 0.273. The molecule has 0 saturated carbocycles. The molecular formula is C22H20N7O6S4+. The molecule has 13 nitrogen and oxygen atoms in total. The summed E-state index contributed by atoms with van der Waals surface area (Å²) in [5.74, 6) is -2.44. The molecule has 17 heteroatoms. The number of nitrogens with zero attached hydrogens (tertiary/aromatic N) is 6. The number of aromatic nitrogens is 4. The van der Waals surface area contributed by atoms with Crippen LogP contribution in [0.15, 0.2) is 50.0 Å². The van der Waals surface area contributed by atoms with E-state index in [2.05, 4.69) is 24.8 Å². The number of aliphatic carboxylic acids is 1. The number of oxime groups is 1. The number of amides is 2. The lowest BCUT2D eigenvalue weighted by atomic mass is 10.0. The predicted molar refractivity (Wildman–Crippen MR) is 144 cm³/mol. The molecule has 39 heavy (non-hydrogen) atoms. The van der Waals surface area contributed by atoms with Crippen LogP contribution in [0.4, 0.5) is 0 Å². The van der Waals surface area contributed by atoms with Crippen molar-refractivity contribution in [3.8, 4) is 16.5 Å². The number of rotatable bonds is 9. The molecule has 0 bridgehead atoms. The predicted octanol–water partition coefficient (Wildman–Crippen LogP) is 1.42. The van der Waals surface area contributed by atoms with Gasteiger partial charge in [-0.25, -0.2) is 14.3 Å². The first-order chi connectivity index (χ1) is 18.8. The number of aromatic hydroxyl groups is 1. The van der Waals surface area contributed by atoms with Gasteiger partial charge in [0, 0.05) is 45.3 Å². The van der Waals surface area contributed by atoms with Gasteiger partial charge in [0.1, 0.15) is 30.8 Å². The van der Waals surface area contributed by atoms with Crippen LogP contribution < -0.4 is 9.88 Å². The van der Waals surface area contributed by atoms with E-state index in [0.29, 0.717) is 26.5 Å². The van der Waals surface area contributed by atoms with Crippen molar-refractivity contribution >= 4 is 69.9 Å². The lowest BCUT2D eigenvalue weighted by molar-refractivity contribution is -0.671. The highest BCUT2D eigenvalue weighted by Gasteiger charge is 2.54. The Morgan fingerprint density at radius 2 is 2.10 bits per heavy atom. The Morgan fingerprint density at radius 1 is 1.33 bits per heavy atom. The molecule has 2 aliphatic rings. The van der Waals surface area contributed by atoms with Gasteiger partial charge in [-0.1, -0.05) is 16.9 Å². The first-order valence-corrected chi connectivity index (χ1v) is 14.8. The average molecular weight is 607 g/mol. The smallest absolute Gasteiger partial charge is 0.353 e. The SMILES string of the molecule is CCO/N=C(\C(=O)NC1C(=O)N2C(C(=O)O)=C(Sc3nc(-c4cc[n+](C)cc4)cs3)CS[C@H]12)c1nsc(O)n1. The van der Waals surface area contributed by atoms with Gasteiger partial charge in [-0.3, -0.25) is 14.5 Å². The third-order valence-electron chi connectivity index (χ3n) is 5.52. The van der Waals surface area contributed by atoms with E-state index in [1.165, 1.54) is 39.8 Å². The van der Waals surface area contributed by atoms with Crippen LogP contribution in [0.1, 0.15) is 12.7 Å². The molecule has 2 aliphatic heterocycles. The maximum atomic E-state index is 13.1. The summed E-state index contributed by atoms with van der Waals surface area (Å²) in [6.07, 6.45) is 3.83. The van der Waals surface area contributed by atoms with Crippen LogP contribution in [0.3, 0.4) is 0 Å². The Bertz CT molecular complexity index is 1500. The van der Waals surface area contributed by atoms with Crippen molar-refractivity contribution < 1.29 is 34.0 Å². The molecule has 5 rings (SSSR count). The molecule has 3 aromatic heterocycles. The second kappa shape index (κ2) is 11.3. The van der Waals surface area contributed by atoms with E-state index in [1.54, 1.807) is 6.92 Å². The van der Waals surface area contributed by atoms with Gasteiger partial charge in [0.05, 0.1) is 5.69 Å². The summed E-state index contributed by atoms with van der Waals surface area (Å²) in [7, 11) is 1.92. The molecule has 2 amide bonds. The van der Waals surface area contributed by atoms with Crippen molar-refractivity contribution in [2.75, 3.05) is 12.4 Å². The third-order valence-corrected chi connectivity index (χ3v) is 9.52. The summed E-state index contributed by atoms with van der Waals surface area (Å²) < 4.78 is 6.43. The van der Waals surface area contributed by atoms with E-state index < -0.39 is 29.2 Å². The van der Waals surface area contributed by atoms with Gasteiger partial charge in [0.15, 0.2) is 16.7 Å². The number of β-lactam (4-membered cyclic amide) rings is 1. The Balaban J connectivity index is 1.32. The molecular weight excluding hydrogens is 587 g/mol. The molecule has 0 aliphatic carbocycles. The number of fused-ring (bicyclic) bond motifs is 1. The minimum Gasteiger partial charge on any atom is -0.485 e. The highest BCUT2D eigenvalue weighted by atomic mass is 32.2. The quantitative estimate of drug-likeness (QED) is 0.139. The van der Waals surface area contributed by atoms with Crippen LogP contribution in [0.5, 0.6) is 5.19 Å². The number of aryl methyl sites for hydroxylation is 1. The number of thioether (sulfide) groups is 2. The van der Waals surface area contributed by atoms with Crippen LogP contribution in [0.25, 0.3) is 11.3 Å². The number of carbonyl (C=O) groups excluding carboxylic acids is 2. The van der Waals surface area contributed by atoms with Crippen LogP contribution in [-0.4, -0.2) is 76.7 Å². The number of nitrogens with one attached hydrogen (secondary N) is 1. The number of carbonyl (C=O) groups is 3. The van der Waals surface area contributed by atoms with Gasteiger partial charge in [-0.15, -0.1) is 23.1 Å². The van der Waals surface area contributed by atoms with Gasteiger partial charge in [0.25, 0.3) is 17.0 Å². The lowest BCUT2D eigenvalue weighted by Gasteiger charge is -2.49. The van der Waals surface area contributed by atoms with Crippen LogP contribution >= 0.6 is 46.4 Å². The van der Waals surface area contributed by atoms with Gasteiger partial charge >= 0.3 is 5.97 Å². The molecule has 1 fully saturated rings. The number of carboxylic acid groups (broad SMARTS) is 1. The number of pyridine rings is 1. The molecule has 1 saturated heterocycles. The number of hydrogen-bond donors (Lipinski definition) is 3. The van der Waals surface area contributed by atoms with E-state index >= 15 is 0 Å². The summed E-state index contributed by atoms with van der Waals surface area (Å²) in [6.45, 7) is 1.83. The Morgan fingerprint density at radius 3 is 2.77 bits per heavy atom. The molecule has 2 atom stereocenters. The molecule has 5 heterocycles. The minimum atomic E-state index is -1.24. The first kappa shape index (κ1) is 27.0. The highest BCUT2D eigenvalue weighted by molar-refractivity contribution is 8.07. The van der Waals surface area contributed by atoms with Crippen molar-refractivity contribution in [2.45, 2.75) is 22.7 Å². The van der Waals surface area contributed by atoms with Crippen molar-refractivity contribution in [1.82, 2.24) is 24.6 Å². The fourth-order valence-corrected chi connectivity index (χ4v) is 7.60. The van der Waals surface area contributed by atoms with Crippen molar-refractivity contribution in [2.24, 2.45) is 12.2 Å². The fourth-order valence-electron chi connectivity index (χ4n) is 3.72. The summed E-state index contributed by atoms with van der Waals surface area (Å²) >= 11 is 4.60. The van der Waals surface area contributed by atoms with Crippen molar-refractivity contribution in [1.29, 1.82) is 0 Å². The molecule has 0 spiro atoms. The maximum Gasteiger partial charge on any atom is 0.353 e. The summed E-state index contributed by atoms with van der Waals surface area (Å²) in [5.41, 5.74) is 1.28. The average Bonchev–Trinajstić information content (AvgIpc) is 3.56. The zero-order chi connectivity index (χ0) is 27.7. The van der Waals surface area contributed by atoms with E-state index in [0.717, 1.165) is 11.3 Å². The van der Waals surface area contributed by atoms with Crippen LogP contribution in [0, 0.1) is 0 Å². The number of carboxylic acids is 1. The minimum absolute atomic E-state index is 0.128. The maximum absolute atomic E-state index is 13.1. The molecule has 0 aromatic carbocycles. The monoisotopic (exact) mass is 606 g/mol. The standard InChI is InChI=1S/C22H19N7O6S4/c1-3-35-26-13(16-25-21(34)39-27-16)17(30)24-14-18(31)29-15(20(32)33)12(9-36-19(14)29)38-22-23-11(8-37-22)10-4-6-28(2)7-5-10/h4-8,14,19H,3,9H2,1-2H3,(H2-,24,25,27,30,32,33,34)/p+1/b26-13-/t14?,19-/m1/s1. The Kier molecular flexibility index (Phi) is 7.83. The normalized spacial score (nSPS) is 19.0. The Labute approximate surface area is 237 Å². The van der Waals surface area contributed by atoms with Gasteiger partial charge in [0.2, 0.25) is 11.5 Å². The highest BCUT2D eigenvalue weighted by Crippen LogP contribution is 2.46. The Hall–Kier alpha value is -3.54. The molecule has 3 aromatic rings. The van der Waals surface area contributed by atoms with E-state index in [4.69, 9.17) is 4.84 Å². The second-order valence-corrected chi connectivity index (χ2v) is 12.1. The first-order valence-electron chi connectivity index (χ1n) is 11.3. The molecule has 0 radical (unpaired) electrons. The van der Waals surface area contributed by atoms with Crippen LogP contribution in [0.2, 0.25) is 0 Å². The van der Waals surface area contributed by atoms with Crippen molar-refractivity contribution in [3.63, 3.8) is 0 Å². The molecule has 1 unspecified atom stereocenters. The van der Waals surface area contributed by atoms with Crippen molar-refractivity contribution in [3.05, 3.63) is 46.3 Å². The summed E-state index contributed by atoms with van der Waals surface area (Å²) in [4.78, 5) is 53.3. The topological polar surface area (TPSA) is 171 Å². The third kappa shape index (κ3) is 5.47. The van der Waals surface area contributed by atoms with E-state index in [1.807, 2.05) is 41.5 Å². The number of thiazole rings is 1. The number of hydrogen-bond acceptors (Lipinski definition) is 13. The largest absolute Gasteiger partial charge is 0.485 e. The van der Waals surface area contributed by atoms with Gasteiger partial charge < -0.3 is 20.4 Å². The van der Waals surface area contributed by atoms with Gasteiger partial charge in [-0.2, -0.15) is 9.36 Å². The lowest BCUT2D eigenvalue weighted by Crippen LogP contribution is -2.71. The zero-order valence-electron chi connectivity index (χ0n) is 20.3. The molecule has 202 valence electrons. The van der Waals surface area contributed by atoms with E-state index in [-0.39, 0.29) is 29.0 Å². The zero-order valence-corrected chi connectivity index (χ0v) is 23.6. The summed E-state index contributed by atoms with van der Waals surface area (Å²) in [5, 5.41) is 26.7. The van der Waals surface area contributed by atoms with E-state index in [9.17, 15) is 24.6 Å². The molecule has 3 N–H and O–H groups in total. The summed E-state index contributed by atoms with van der Waals surface area (Å²) in [6, 6.07) is 2.89.